The van der Waals surface area contributed by atoms with Crippen molar-refractivity contribution in [3.8, 4) is 5.88 Å². The first-order chi connectivity index (χ1) is 8.33. The van der Waals surface area contributed by atoms with Crippen LogP contribution in [0.5, 0.6) is 5.88 Å². The maximum Gasteiger partial charge on any atom is 0.259 e. The molecule has 5 nitrogen and oxygen atoms in total. The molecule has 1 aromatic rings. The summed E-state index contributed by atoms with van der Waals surface area (Å²) in [6, 6.07) is 3.49. The Morgan fingerprint density at radius 1 is 1.47 bits per heavy atom. The van der Waals surface area contributed by atoms with Gasteiger partial charge in [-0.1, -0.05) is 0 Å². The van der Waals surface area contributed by atoms with Gasteiger partial charge in [-0.2, -0.15) is 0 Å². The van der Waals surface area contributed by atoms with Crippen molar-refractivity contribution < 1.29 is 14.3 Å². The monoisotopic (exact) mass is 236 g/mol. The quantitative estimate of drug-likeness (QED) is 0.714. The first kappa shape index (κ1) is 11.9. The molecule has 0 N–H and O–H groups in total. The zero-order chi connectivity index (χ0) is 12.1. The van der Waals surface area contributed by atoms with Crippen molar-refractivity contribution in [2.75, 3.05) is 33.4 Å². The molecule has 5 heteroatoms. The molecule has 1 aliphatic heterocycles. The van der Waals surface area contributed by atoms with E-state index < -0.39 is 0 Å². The number of amides is 1. The molecule has 0 atom stereocenters. The number of rotatable bonds is 5. The minimum atomic E-state index is -0.00299. The van der Waals surface area contributed by atoms with Gasteiger partial charge in [0.2, 0.25) is 5.88 Å². The summed E-state index contributed by atoms with van der Waals surface area (Å²) in [6.45, 7) is 2.53. The molecule has 0 bridgehead atoms. The Balaban J connectivity index is 2.06. The third-order valence-corrected chi connectivity index (χ3v) is 2.67. The van der Waals surface area contributed by atoms with Crippen molar-refractivity contribution in [1.29, 1.82) is 0 Å². The number of aromatic nitrogens is 1. The van der Waals surface area contributed by atoms with Crippen LogP contribution in [0.25, 0.3) is 0 Å². The molecule has 1 amide bonds. The number of likely N-dealkylation sites (tertiary alicyclic amines) is 1. The van der Waals surface area contributed by atoms with Crippen LogP contribution >= 0.6 is 0 Å². The number of carbonyl (C=O) groups excluding carboxylic acids is 1. The minimum absolute atomic E-state index is 0.00299. The van der Waals surface area contributed by atoms with E-state index in [1.807, 2.05) is 0 Å². The second kappa shape index (κ2) is 5.63. The zero-order valence-corrected chi connectivity index (χ0v) is 9.89. The molecular weight excluding hydrogens is 220 g/mol. The fraction of sp³-hybridized carbons (Fsp3) is 0.500. The Kier molecular flexibility index (Phi) is 3.93. The maximum absolute atomic E-state index is 12.1. The molecule has 0 aromatic carbocycles. The average Bonchev–Trinajstić information content (AvgIpc) is 2.27. The topological polar surface area (TPSA) is 51.7 Å². The van der Waals surface area contributed by atoms with Gasteiger partial charge >= 0.3 is 0 Å². The summed E-state index contributed by atoms with van der Waals surface area (Å²) in [5, 5.41) is 0. The summed E-state index contributed by atoms with van der Waals surface area (Å²) in [7, 11) is 1.61. The molecule has 92 valence electrons. The first-order valence-corrected chi connectivity index (χ1v) is 5.69. The van der Waals surface area contributed by atoms with Gasteiger partial charge in [-0.3, -0.25) is 4.79 Å². The number of nitrogens with zero attached hydrogens (tertiary/aromatic N) is 2. The molecule has 0 radical (unpaired) electrons. The van der Waals surface area contributed by atoms with Crippen LogP contribution in [0, 0.1) is 0 Å². The van der Waals surface area contributed by atoms with Gasteiger partial charge < -0.3 is 14.4 Å². The number of ether oxygens (including phenoxy) is 2. The van der Waals surface area contributed by atoms with E-state index in [0.717, 1.165) is 19.5 Å². The van der Waals surface area contributed by atoms with Crippen LogP contribution in [0.4, 0.5) is 0 Å². The number of hydrogen-bond donors (Lipinski definition) is 0. The fourth-order valence-electron chi connectivity index (χ4n) is 1.58. The van der Waals surface area contributed by atoms with Crippen molar-refractivity contribution in [3.63, 3.8) is 0 Å². The molecule has 1 fully saturated rings. The van der Waals surface area contributed by atoms with Gasteiger partial charge in [0.15, 0.2) is 0 Å². The molecule has 1 aliphatic rings. The van der Waals surface area contributed by atoms with Crippen molar-refractivity contribution in [3.05, 3.63) is 23.9 Å². The Labute approximate surface area is 100 Å². The summed E-state index contributed by atoms with van der Waals surface area (Å²) < 4.78 is 10.3. The maximum atomic E-state index is 12.1. The molecule has 0 aliphatic carbocycles. The van der Waals surface area contributed by atoms with E-state index in [2.05, 4.69) is 4.98 Å². The Hall–Kier alpha value is -1.62. The molecule has 1 aromatic heterocycles. The number of hydrogen-bond acceptors (Lipinski definition) is 4. The van der Waals surface area contributed by atoms with E-state index in [1.165, 1.54) is 0 Å². The van der Waals surface area contributed by atoms with Crippen LogP contribution in [-0.4, -0.2) is 49.2 Å². The molecule has 0 saturated carbocycles. The van der Waals surface area contributed by atoms with Gasteiger partial charge in [0.1, 0.15) is 12.2 Å². The standard InChI is InChI=1S/C12H16N2O3/c1-16-8-9-17-11-10(4-2-5-13-11)12(15)14-6-3-7-14/h2,4-5H,3,6-9H2,1H3. The van der Waals surface area contributed by atoms with E-state index in [9.17, 15) is 4.79 Å². The van der Waals surface area contributed by atoms with E-state index in [1.54, 1.807) is 30.3 Å². The molecule has 0 unspecified atom stereocenters. The van der Waals surface area contributed by atoms with Gasteiger partial charge in [-0.25, -0.2) is 4.98 Å². The third-order valence-electron chi connectivity index (χ3n) is 2.67. The molecule has 2 heterocycles. The van der Waals surface area contributed by atoms with Crippen LogP contribution in [-0.2, 0) is 4.74 Å². The smallest absolute Gasteiger partial charge is 0.259 e. The normalized spacial score (nSPS) is 14.3. The second-order valence-electron chi connectivity index (χ2n) is 3.84. The van der Waals surface area contributed by atoms with Crippen molar-refractivity contribution in [1.82, 2.24) is 9.88 Å². The molecule has 1 saturated heterocycles. The molecule has 0 spiro atoms. The lowest BCUT2D eigenvalue weighted by molar-refractivity contribution is 0.0643. The number of pyridine rings is 1. The van der Waals surface area contributed by atoms with Crippen LogP contribution in [0.1, 0.15) is 16.8 Å². The van der Waals surface area contributed by atoms with E-state index in [-0.39, 0.29) is 5.91 Å². The summed E-state index contributed by atoms with van der Waals surface area (Å²) in [6.07, 6.45) is 2.70. The highest BCUT2D eigenvalue weighted by molar-refractivity contribution is 5.96. The number of methoxy groups -OCH3 is 1. The predicted octanol–water partition coefficient (Wildman–Crippen LogP) is 0.953. The van der Waals surface area contributed by atoms with Gasteiger partial charge in [-0.05, 0) is 18.6 Å². The van der Waals surface area contributed by atoms with Crippen LogP contribution in [0.15, 0.2) is 18.3 Å². The van der Waals surface area contributed by atoms with E-state index >= 15 is 0 Å². The predicted molar refractivity (Wildman–Crippen MR) is 62.1 cm³/mol. The van der Waals surface area contributed by atoms with E-state index in [0.29, 0.717) is 24.7 Å². The molecule has 17 heavy (non-hydrogen) atoms. The van der Waals surface area contributed by atoms with Crippen molar-refractivity contribution in [2.45, 2.75) is 6.42 Å². The van der Waals surface area contributed by atoms with Crippen molar-refractivity contribution >= 4 is 5.91 Å². The second-order valence-corrected chi connectivity index (χ2v) is 3.84. The van der Waals surface area contributed by atoms with Gasteiger partial charge in [0.25, 0.3) is 5.91 Å². The zero-order valence-electron chi connectivity index (χ0n) is 9.89. The highest BCUT2D eigenvalue weighted by atomic mass is 16.5. The van der Waals surface area contributed by atoms with Gasteiger partial charge in [-0.15, -0.1) is 0 Å². The van der Waals surface area contributed by atoms with Crippen LogP contribution in [0.3, 0.4) is 0 Å². The summed E-state index contributed by atoms with van der Waals surface area (Å²) in [5.74, 6) is 0.387. The third kappa shape index (κ3) is 2.74. The lowest BCUT2D eigenvalue weighted by atomic mass is 10.1. The van der Waals surface area contributed by atoms with Gasteiger partial charge in [0, 0.05) is 26.4 Å². The minimum Gasteiger partial charge on any atom is -0.475 e. The molecular formula is C12H16N2O3. The Morgan fingerprint density at radius 3 is 2.94 bits per heavy atom. The number of carbonyl (C=O) groups is 1. The van der Waals surface area contributed by atoms with Gasteiger partial charge in [0.05, 0.1) is 6.61 Å². The van der Waals surface area contributed by atoms with Crippen LogP contribution < -0.4 is 4.74 Å². The lowest BCUT2D eigenvalue weighted by Crippen LogP contribution is -2.42. The Morgan fingerprint density at radius 2 is 2.29 bits per heavy atom. The fourth-order valence-corrected chi connectivity index (χ4v) is 1.58. The SMILES string of the molecule is COCCOc1ncccc1C(=O)N1CCC1. The average molecular weight is 236 g/mol. The van der Waals surface area contributed by atoms with Crippen molar-refractivity contribution in [2.24, 2.45) is 0 Å². The first-order valence-electron chi connectivity index (χ1n) is 5.69. The summed E-state index contributed by atoms with van der Waals surface area (Å²) >= 11 is 0. The van der Waals surface area contributed by atoms with E-state index in [4.69, 9.17) is 9.47 Å². The molecule has 2 rings (SSSR count). The summed E-state index contributed by atoms with van der Waals surface area (Å²) in [5.41, 5.74) is 0.531. The largest absolute Gasteiger partial charge is 0.475 e. The summed E-state index contributed by atoms with van der Waals surface area (Å²) in [4.78, 5) is 17.9. The van der Waals surface area contributed by atoms with Crippen LogP contribution in [0.2, 0.25) is 0 Å². The lowest BCUT2D eigenvalue weighted by Gasteiger charge is -2.31. The highest BCUT2D eigenvalue weighted by Gasteiger charge is 2.24. The Bertz CT molecular complexity index is 391. The highest BCUT2D eigenvalue weighted by Crippen LogP contribution is 2.19.